The maximum Gasteiger partial charge on any atom is 0.407 e. The molecule has 0 aliphatic rings. The molecule has 0 fully saturated rings. The zero-order valence-corrected chi connectivity index (χ0v) is 12.7. The highest BCUT2D eigenvalue weighted by Gasteiger charge is 2.02. The summed E-state index contributed by atoms with van der Waals surface area (Å²) >= 11 is 0. The van der Waals surface area contributed by atoms with Crippen LogP contribution in [-0.2, 0) is 23.7 Å². The normalized spacial score (nSPS) is 10.8. The molecule has 0 aromatic carbocycles. The fourth-order valence-electron chi connectivity index (χ4n) is 1.15. The Balaban J connectivity index is 0. The number of hydrogen-bond donors (Lipinski definition) is 1. The first kappa shape index (κ1) is 19.1. The van der Waals surface area contributed by atoms with Gasteiger partial charge in [-0.2, -0.15) is 0 Å². The molecule has 0 bridgehead atoms. The largest absolute Gasteiger partial charge is 0.447 e. The second-order valence-electron chi connectivity index (χ2n) is 4.26. The van der Waals surface area contributed by atoms with Crippen LogP contribution in [0.1, 0.15) is 15.3 Å². The van der Waals surface area contributed by atoms with Crippen LogP contribution in [0.15, 0.2) is 0 Å². The number of hydrogen-bond acceptors (Lipinski definition) is 6. The van der Waals surface area contributed by atoms with E-state index in [4.69, 9.17) is 23.7 Å². The van der Waals surface area contributed by atoms with E-state index < -0.39 is 6.09 Å². The van der Waals surface area contributed by atoms with Crippen molar-refractivity contribution in [1.29, 1.82) is 0 Å². The lowest BCUT2D eigenvalue weighted by Gasteiger charge is -2.09. The Bertz CT molecular complexity index is 231. The highest BCUT2D eigenvalue weighted by Crippen LogP contribution is 1.85. The number of rotatable bonds is 13. The van der Waals surface area contributed by atoms with Crippen molar-refractivity contribution < 1.29 is 29.9 Å². The summed E-state index contributed by atoms with van der Waals surface area (Å²) in [5.74, 6) is 0. The Morgan fingerprint density at radius 1 is 0.900 bits per heavy atom. The van der Waals surface area contributed by atoms with Crippen molar-refractivity contribution in [3.05, 3.63) is 0 Å². The summed E-state index contributed by atoms with van der Waals surface area (Å²) in [5, 5.41) is 2.62. The second kappa shape index (κ2) is 14.5. The van der Waals surface area contributed by atoms with Gasteiger partial charge in [0.15, 0.2) is 0 Å². The Morgan fingerprint density at radius 3 is 1.80 bits per heavy atom. The third kappa shape index (κ3) is 15.2. The predicted octanol–water partition coefficient (Wildman–Crippen LogP) is 1.06. The smallest absolute Gasteiger partial charge is 0.407 e. The third-order valence-electron chi connectivity index (χ3n) is 2.04. The molecule has 7 nitrogen and oxygen atoms in total. The zero-order valence-electron chi connectivity index (χ0n) is 12.7. The Morgan fingerprint density at radius 2 is 1.35 bits per heavy atom. The first-order valence-corrected chi connectivity index (χ1v) is 6.82. The number of alkyl carbamates (subject to hydrolysis) is 1. The van der Waals surface area contributed by atoms with Gasteiger partial charge in [-0.05, 0) is 13.8 Å². The molecule has 0 rings (SSSR count). The highest BCUT2D eigenvalue weighted by atomic mass is 16.6. The number of carbonyl (C=O) groups is 1. The quantitative estimate of drug-likeness (QED) is 0.512. The molecule has 7 heteroatoms. The monoisotopic (exact) mass is 295 g/mol. The van der Waals surface area contributed by atoms with Crippen molar-refractivity contribution in [1.82, 2.24) is 5.32 Å². The fraction of sp³-hybridized carbons (Fsp3) is 0.923. The Kier molecular flexibility index (Phi) is 13.9. The number of ether oxygens (including phenoxy) is 5. The number of carbonyl (C=O) groups excluding carboxylic acids is 1. The van der Waals surface area contributed by atoms with Gasteiger partial charge in [-0.25, -0.2) is 4.79 Å². The van der Waals surface area contributed by atoms with Gasteiger partial charge in [-0.3, -0.25) is 0 Å². The molecular weight excluding hydrogens is 266 g/mol. The molecule has 0 heterocycles. The minimum absolute atomic E-state index is 0. The average molecular weight is 295 g/mol. The molecule has 0 radical (unpaired) electrons. The molecule has 0 atom stereocenters. The van der Waals surface area contributed by atoms with Crippen LogP contribution in [0.4, 0.5) is 4.79 Å². The van der Waals surface area contributed by atoms with Gasteiger partial charge in [0.25, 0.3) is 0 Å². The minimum Gasteiger partial charge on any atom is -0.447 e. The van der Waals surface area contributed by atoms with Crippen molar-refractivity contribution in [3.8, 4) is 0 Å². The standard InChI is InChI=1S/C13H27NO6.H2/c1-12(2)14-13(15)20-11-10-19-9-8-18-7-6-17-5-4-16-3;/h12H,4-11H2,1-3H3,(H,14,15);1H. The van der Waals surface area contributed by atoms with E-state index in [1.54, 1.807) is 7.11 Å². The molecule has 0 aliphatic heterocycles. The number of nitrogens with one attached hydrogen (secondary N) is 1. The molecule has 0 unspecified atom stereocenters. The Labute approximate surface area is 122 Å². The van der Waals surface area contributed by atoms with Crippen LogP contribution >= 0.6 is 0 Å². The van der Waals surface area contributed by atoms with Crippen molar-refractivity contribution in [2.45, 2.75) is 19.9 Å². The van der Waals surface area contributed by atoms with Gasteiger partial charge in [0.1, 0.15) is 6.61 Å². The molecule has 0 aliphatic carbocycles. The highest BCUT2D eigenvalue weighted by molar-refractivity contribution is 5.67. The topological polar surface area (TPSA) is 75.2 Å². The molecular formula is C13H29NO6. The van der Waals surface area contributed by atoms with Crippen LogP contribution < -0.4 is 5.32 Å². The molecule has 20 heavy (non-hydrogen) atoms. The van der Waals surface area contributed by atoms with Gasteiger partial charge in [0.05, 0.1) is 46.2 Å². The lowest BCUT2D eigenvalue weighted by Crippen LogP contribution is -2.31. The van der Waals surface area contributed by atoms with Gasteiger partial charge in [0, 0.05) is 14.6 Å². The van der Waals surface area contributed by atoms with Crippen LogP contribution in [0, 0.1) is 0 Å². The van der Waals surface area contributed by atoms with Crippen LogP contribution in [0.5, 0.6) is 0 Å². The van der Waals surface area contributed by atoms with Crippen molar-refractivity contribution in [2.75, 3.05) is 60.0 Å². The first-order valence-electron chi connectivity index (χ1n) is 6.82. The first-order chi connectivity index (χ1) is 9.66. The molecule has 1 amide bonds. The Hall–Kier alpha value is -0.890. The third-order valence-corrected chi connectivity index (χ3v) is 2.04. The molecule has 122 valence electrons. The lowest BCUT2D eigenvalue weighted by molar-refractivity contribution is -0.00235. The average Bonchev–Trinajstić information content (AvgIpc) is 2.39. The van der Waals surface area contributed by atoms with E-state index in [1.807, 2.05) is 13.8 Å². The molecule has 0 aromatic rings. The van der Waals surface area contributed by atoms with E-state index in [0.29, 0.717) is 46.2 Å². The summed E-state index contributed by atoms with van der Waals surface area (Å²) in [6.45, 7) is 7.53. The summed E-state index contributed by atoms with van der Waals surface area (Å²) < 4.78 is 25.5. The molecule has 0 spiro atoms. The number of amides is 1. The summed E-state index contributed by atoms with van der Waals surface area (Å²) in [6, 6.07) is 0.0722. The van der Waals surface area contributed by atoms with Gasteiger partial charge >= 0.3 is 6.09 Å². The van der Waals surface area contributed by atoms with Gasteiger partial charge in [0.2, 0.25) is 0 Å². The minimum atomic E-state index is -0.423. The van der Waals surface area contributed by atoms with E-state index in [1.165, 1.54) is 0 Å². The van der Waals surface area contributed by atoms with Gasteiger partial charge in [-0.1, -0.05) is 0 Å². The molecule has 1 N–H and O–H groups in total. The van der Waals surface area contributed by atoms with E-state index in [9.17, 15) is 4.79 Å². The van der Waals surface area contributed by atoms with Crippen LogP contribution in [0.25, 0.3) is 0 Å². The summed E-state index contributed by atoms with van der Waals surface area (Å²) in [5.41, 5.74) is 0. The van der Waals surface area contributed by atoms with E-state index in [-0.39, 0.29) is 14.1 Å². The summed E-state index contributed by atoms with van der Waals surface area (Å²) in [4.78, 5) is 11.1. The van der Waals surface area contributed by atoms with Crippen molar-refractivity contribution in [2.24, 2.45) is 0 Å². The lowest BCUT2D eigenvalue weighted by atomic mass is 10.4. The van der Waals surface area contributed by atoms with E-state index >= 15 is 0 Å². The van der Waals surface area contributed by atoms with Gasteiger partial charge in [-0.15, -0.1) is 0 Å². The van der Waals surface area contributed by atoms with Crippen molar-refractivity contribution >= 4 is 6.09 Å². The second-order valence-corrected chi connectivity index (χ2v) is 4.26. The fourth-order valence-corrected chi connectivity index (χ4v) is 1.15. The van der Waals surface area contributed by atoms with Crippen LogP contribution in [-0.4, -0.2) is 72.1 Å². The van der Waals surface area contributed by atoms with Crippen LogP contribution in [0.2, 0.25) is 0 Å². The van der Waals surface area contributed by atoms with Crippen LogP contribution in [0.3, 0.4) is 0 Å². The predicted molar refractivity (Wildman–Crippen MR) is 76.1 cm³/mol. The molecule has 0 saturated heterocycles. The SMILES string of the molecule is COCCOCCOCCOCCOC(=O)NC(C)C.[HH]. The molecule has 0 aromatic heterocycles. The van der Waals surface area contributed by atoms with E-state index in [0.717, 1.165) is 0 Å². The maximum absolute atomic E-state index is 11.1. The van der Waals surface area contributed by atoms with Crippen molar-refractivity contribution in [3.63, 3.8) is 0 Å². The number of methoxy groups -OCH3 is 1. The summed E-state index contributed by atoms with van der Waals surface area (Å²) in [6.07, 6.45) is -0.423. The zero-order chi connectivity index (χ0) is 15.1. The van der Waals surface area contributed by atoms with E-state index in [2.05, 4.69) is 5.32 Å². The maximum atomic E-state index is 11.1. The van der Waals surface area contributed by atoms with Gasteiger partial charge < -0.3 is 29.0 Å². The summed E-state index contributed by atoms with van der Waals surface area (Å²) in [7, 11) is 1.63. The molecule has 0 saturated carbocycles.